The second kappa shape index (κ2) is 13.5. The molecule has 0 aliphatic rings. The van der Waals surface area contributed by atoms with E-state index in [0.29, 0.717) is 0 Å². The second-order valence-electron chi connectivity index (χ2n) is 14.1. The molecule has 0 saturated heterocycles. The molecule has 252 valence electrons. The SMILES string of the molecule is c1ccc(-c2cc(-c3ccccc3)cc(-c3ccc4c(c3)cc(-c3ccccc3)c3cc(-c5cc6ccccc6cc5-c5ccccc5)ccc34)c2)cc1. The topological polar surface area (TPSA) is 0 Å². The fraction of sp³-hybridized carbons (Fsp3) is 0. The monoisotopic (exact) mass is 684 g/mol. The van der Waals surface area contributed by atoms with Crippen LogP contribution in [-0.4, -0.2) is 0 Å². The molecular weight excluding hydrogens is 649 g/mol. The maximum Gasteiger partial charge on any atom is -0.00928 e. The van der Waals surface area contributed by atoms with Crippen molar-refractivity contribution in [1.29, 1.82) is 0 Å². The summed E-state index contributed by atoms with van der Waals surface area (Å²) in [5.74, 6) is 0. The quantitative estimate of drug-likeness (QED) is 0.153. The van der Waals surface area contributed by atoms with Crippen LogP contribution in [0.5, 0.6) is 0 Å². The van der Waals surface area contributed by atoms with Gasteiger partial charge < -0.3 is 0 Å². The Hall–Kier alpha value is -7.02. The molecule has 0 fully saturated rings. The van der Waals surface area contributed by atoms with Crippen molar-refractivity contribution < 1.29 is 0 Å². The summed E-state index contributed by atoms with van der Waals surface area (Å²) >= 11 is 0. The zero-order chi connectivity index (χ0) is 35.8. The standard InChI is InChI=1S/C54H36/c1-5-15-37(16-6-1)45-30-46(38-17-7-2-8-18-38)32-47(31-45)43-25-27-49-48(29-43)36-52(40-21-11-4-12-22-40)54-35-44(26-28-50(49)54)53-34-42-24-14-13-23-41(42)33-51(53)39-19-9-3-10-20-39/h1-36H. The smallest absolute Gasteiger partial charge is 0.00928 e. The Morgan fingerprint density at radius 3 is 1.13 bits per heavy atom. The number of hydrogen-bond donors (Lipinski definition) is 0. The van der Waals surface area contributed by atoms with Gasteiger partial charge in [0.05, 0.1) is 0 Å². The summed E-state index contributed by atoms with van der Waals surface area (Å²) in [4.78, 5) is 0. The lowest BCUT2D eigenvalue weighted by atomic mass is 9.87. The van der Waals surface area contributed by atoms with E-state index in [1.165, 1.54) is 99.1 Å². The lowest BCUT2D eigenvalue weighted by Crippen LogP contribution is -1.90. The van der Waals surface area contributed by atoms with Gasteiger partial charge >= 0.3 is 0 Å². The first kappa shape index (κ1) is 31.7. The zero-order valence-electron chi connectivity index (χ0n) is 29.8. The molecule has 0 unspecified atom stereocenters. The number of rotatable bonds is 6. The Balaban J connectivity index is 1.18. The highest BCUT2D eigenvalue weighted by Crippen LogP contribution is 2.42. The predicted octanol–water partition coefficient (Wildman–Crippen LogP) is 15.1. The van der Waals surface area contributed by atoms with Crippen molar-refractivity contribution in [2.45, 2.75) is 0 Å². The largest absolute Gasteiger partial charge is 0.0622 e. The van der Waals surface area contributed by atoms with Gasteiger partial charge in [-0.25, -0.2) is 0 Å². The van der Waals surface area contributed by atoms with Gasteiger partial charge in [-0.1, -0.05) is 170 Å². The third-order valence-corrected chi connectivity index (χ3v) is 10.8. The lowest BCUT2D eigenvalue weighted by Gasteiger charge is -2.17. The van der Waals surface area contributed by atoms with Gasteiger partial charge in [-0.05, 0) is 148 Å². The van der Waals surface area contributed by atoms with Crippen molar-refractivity contribution in [1.82, 2.24) is 0 Å². The third kappa shape index (κ3) is 5.85. The van der Waals surface area contributed by atoms with Gasteiger partial charge in [0, 0.05) is 0 Å². The Morgan fingerprint density at radius 1 is 0.167 bits per heavy atom. The van der Waals surface area contributed by atoms with E-state index in [9.17, 15) is 0 Å². The number of benzene rings is 10. The van der Waals surface area contributed by atoms with Crippen LogP contribution in [0.3, 0.4) is 0 Å². The van der Waals surface area contributed by atoms with Crippen molar-refractivity contribution >= 4 is 32.3 Å². The fourth-order valence-corrected chi connectivity index (χ4v) is 8.09. The van der Waals surface area contributed by atoms with E-state index in [1.54, 1.807) is 0 Å². The minimum absolute atomic E-state index is 1.20. The molecule has 0 bridgehead atoms. The van der Waals surface area contributed by atoms with Gasteiger partial charge in [-0.2, -0.15) is 0 Å². The van der Waals surface area contributed by atoms with Gasteiger partial charge in [0.25, 0.3) is 0 Å². The summed E-state index contributed by atoms with van der Waals surface area (Å²) in [5.41, 5.74) is 14.6. The molecule has 54 heavy (non-hydrogen) atoms. The van der Waals surface area contributed by atoms with Gasteiger partial charge in [0.2, 0.25) is 0 Å². The first-order valence-corrected chi connectivity index (χ1v) is 18.7. The zero-order valence-corrected chi connectivity index (χ0v) is 29.8. The number of hydrogen-bond acceptors (Lipinski definition) is 0. The van der Waals surface area contributed by atoms with Crippen molar-refractivity contribution in [3.63, 3.8) is 0 Å². The Bertz CT molecular complexity index is 2890. The van der Waals surface area contributed by atoms with Crippen LogP contribution in [0.2, 0.25) is 0 Å². The van der Waals surface area contributed by atoms with Crippen LogP contribution in [0.25, 0.3) is 99.1 Å². The maximum atomic E-state index is 2.41. The van der Waals surface area contributed by atoms with Crippen molar-refractivity contribution in [3.8, 4) is 66.8 Å². The predicted molar refractivity (Wildman–Crippen MR) is 232 cm³/mol. The van der Waals surface area contributed by atoms with Crippen LogP contribution in [0.1, 0.15) is 0 Å². The van der Waals surface area contributed by atoms with Crippen molar-refractivity contribution in [3.05, 3.63) is 218 Å². The summed E-state index contributed by atoms with van der Waals surface area (Å²) in [6, 6.07) is 79.9. The highest BCUT2D eigenvalue weighted by Gasteiger charge is 2.15. The molecule has 0 atom stereocenters. The minimum atomic E-state index is 1.20. The van der Waals surface area contributed by atoms with E-state index in [1.807, 2.05) is 0 Å². The number of fused-ring (bicyclic) bond motifs is 4. The van der Waals surface area contributed by atoms with E-state index >= 15 is 0 Å². The van der Waals surface area contributed by atoms with Crippen LogP contribution in [0.15, 0.2) is 218 Å². The Kier molecular flexibility index (Phi) is 7.93. The molecule has 0 heteroatoms. The summed E-state index contributed by atoms with van der Waals surface area (Å²) in [6.45, 7) is 0. The van der Waals surface area contributed by atoms with Crippen LogP contribution in [0, 0.1) is 0 Å². The second-order valence-corrected chi connectivity index (χ2v) is 14.1. The third-order valence-electron chi connectivity index (χ3n) is 10.8. The van der Waals surface area contributed by atoms with E-state index in [-0.39, 0.29) is 0 Å². The molecule has 0 amide bonds. The van der Waals surface area contributed by atoms with E-state index in [0.717, 1.165) is 0 Å². The van der Waals surface area contributed by atoms with Gasteiger partial charge in [0.1, 0.15) is 0 Å². The molecule has 10 aromatic rings. The summed E-state index contributed by atoms with van der Waals surface area (Å²) in [6.07, 6.45) is 0. The highest BCUT2D eigenvalue weighted by atomic mass is 14.2. The van der Waals surface area contributed by atoms with Crippen molar-refractivity contribution in [2.24, 2.45) is 0 Å². The van der Waals surface area contributed by atoms with E-state index in [2.05, 4.69) is 218 Å². The minimum Gasteiger partial charge on any atom is -0.0622 e. The Morgan fingerprint density at radius 2 is 0.574 bits per heavy atom. The molecule has 0 aromatic heterocycles. The molecule has 0 saturated carbocycles. The molecule has 0 aliphatic carbocycles. The molecule has 0 spiro atoms. The molecule has 10 aromatic carbocycles. The van der Waals surface area contributed by atoms with Crippen LogP contribution in [-0.2, 0) is 0 Å². The van der Waals surface area contributed by atoms with E-state index < -0.39 is 0 Å². The molecule has 0 radical (unpaired) electrons. The van der Waals surface area contributed by atoms with Gasteiger partial charge in [-0.15, -0.1) is 0 Å². The molecule has 0 heterocycles. The normalized spacial score (nSPS) is 11.3. The lowest BCUT2D eigenvalue weighted by molar-refractivity contribution is 1.57. The average molecular weight is 685 g/mol. The average Bonchev–Trinajstić information content (AvgIpc) is 3.26. The van der Waals surface area contributed by atoms with Crippen molar-refractivity contribution in [2.75, 3.05) is 0 Å². The van der Waals surface area contributed by atoms with Gasteiger partial charge in [0.15, 0.2) is 0 Å². The van der Waals surface area contributed by atoms with Gasteiger partial charge in [-0.3, -0.25) is 0 Å². The molecule has 0 aliphatic heterocycles. The summed E-state index contributed by atoms with van der Waals surface area (Å²) in [7, 11) is 0. The van der Waals surface area contributed by atoms with E-state index in [4.69, 9.17) is 0 Å². The summed E-state index contributed by atoms with van der Waals surface area (Å²) in [5, 5.41) is 7.49. The molecule has 10 rings (SSSR count). The molecule has 0 N–H and O–H groups in total. The Labute approximate surface area is 316 Å². The van der Waals surface area contributed by atoms with Crippen LogP contribution >= 0.6 is 0 Å². The first-order chi connectivity index (χ1) is 26.7. The first-order valence-electron chi connectivity index (χ1n) is 18.7. The molecule has 0 nitrogen and oxygen atoms in total. The fourth-order valence-electron chi connectivity index (χ4n) is 8.09. The van der Waals surface area contributed by atoms with Crippen LogP contribution < -0.4 is 0 Å². The highest BCUT2D eigenvalue weighted by molar-refractivity contribution is 6.16. The van der Waals surface area contributed by atoms with Crippen LogP contribution in [0.4, 0.5) is 0 Å². The summed E-state index contributed by atoms with van der Waals surface area (Å²) < 4.78 is 0. The maximum absolute atomic E-state index is 2.41. The molecular formula is C54H36.